The topological polar surface area (TPSA) is 77.8 Å². The van der Waals surface area contributed by atoms with Crippen LogP contribution >= 0.6 is 0 Å². The van der Waals surface area contributed by atoms with Crippen LogP contribution in [0, 0.1) is 30.2 Å². The van der Waals surface area contributed by atoms with Crippen molar-refractivity contribution in [2.45, 2.75) is 40.2 Å². The Morgan fingerprint density at radius 1 is 1.03 bits per heavy atom. The molecule has 3 aromatic rings. The Morgan fingerprint density at radius 2 is 1.67 bits per heavy atom. The summed E-state index contributed by atoms with van der Waals surface area (Å²) in [5, 5.41) is -0.428. The number of aromatic nitrogens is 1. The lowest BCUT2D eigenvalue weighted by Gasteiger charge is -2.25. The van der Waals surface area contributed by atoms with E-state index in [9.17, 15) is 27.6 Å². The molecule has 0 unspecified atom stereocenters. The number of carbonyl (C=O) groups excluding carboxylic acids is 2. The van der Waals surface area contributed by atoms with Crippen LogP contribution in [0.5, 0.6) is 0 Å². The van der Waals surface area contributed by atoms with Gasteiger partial charge in [-0.3, -0.25) is 9.69 Å². The molecule has 0 saturated carbocycles. The number of anilines is 1. The first-order valence-electron chi connectivity index (χ1n) is 10.8. The number of ether oxygens (including phenoxy) is 2. The predicted octanol–water partition coefficient (Wildman–Crippen LogP) is 5.40. The van der Waals surface area contributed by atoms with Crippen LogP contribution in [0.2, 0.25) is 0 Å². The largest absolute Gasteiger partial charge is 0.462 e. The maximum absolute atomic E-state index is 15.1. The summed E-state index contributed by atoms with van der Waals surface area (Å²) in [6.45, 7) is 7.37. The van der Waals surface area contributed by atoms with Gasteiger partial charge in [0.25, 0.3) is 0 Å². The maximum atomic E-state index is 15.1. The molecule has 36 heavy (non-hydrogen) atoms. The molecule has 7 nitrogen and oxygen atoms in total. The van der Waals surface area contributed by atoms with E-state index in [1.807, 2.05) is 0 Å². The van der Waals surface area contributed by atoms with E-state index in [4.69, 9.17) is 9.47 Å². The molecular formula is C25H24F4N2O5. The minimum atomic E-state index is -1.35. The van der Waals surface area contributed by atoms with Gasteiger partial charge in [0.05, 0.1) is 28.9 Å². The molecule has 1 aromatic heterocycles. The van der Waals surface area contributed by atoms with E-state index < -0.39 is 68.7 Å². The number of rotatable bonds is 4. The van der Waals surface area contributed by atoms with Gasteiger partial charge in [0.15, 0.2) is 11.6 Å². The van der Waals surface area contributed by atoms with Crippen molar-refractivity contribution in [1.29, 1.82) is 0 Å². The van der Waals surface area contributed by atoms with Crippen LogP contribution < -0.4 is 10.3 Å². The third-order valence-electron chi connectivity index (χ3n) is 5.21. The molecule has 0 aliphatic heterocycles. The fourth-order valence-corrected chi connectivity index (χ4v) is 3.57. The average Bonchev–Trinajstić information content (AvgIpc) is 2.77. The number of fused-ring (bicyclic) bond motifs is 1. The molecule has 0 radical (unpaired) electrons. The first-order valence-corrected chi connectivity index (χ1v) is 10.8. The van der Waals surface area contributed by atoms with Crippen LogP contribution in [0.25, 0.3) is 16.6 Å². The van der Waals surface area contributed by atoms with Crippen LogP contribution in [-0.2, 0) is 9.47 Å². The predicted molar refractivity (Wildman–Crippen MR) is 125 cm³/mol. The Balaban J connectivity index is 2.38. The van der Waals surface area contributed by atoms with Gasteiger partial charge in [-0.25, -0.2) is 27.2 Å². The van der Waals surface area contributed by atoms with E-state index in [2.05, 4.69) is 0 Å². The van der Waals surface area contributed by atoms with Crippen LogP contribution in [0.4, 0.5) is 28.0 Å². The van der Waals surface area contributed by atoms with Crippen molar-refractivity contribution in [3.63, 3.8) is 0 Å². The fraction of sp³-hybridized carbons (Fsp3) is 0.320. The fourth-order valence-electron chi connectivity index (χ4n) is 3.57. The van der Waals surface area contributed by atoms with Gasteiger partial charge in [-0.2, -0.15) is 0 Å². The lowest BCUT2D eigenvalue weighted by Crippen LogP contribution is -2.34. The number of hydrogen-bond donors (Lipinski definition) is 0. The zero-order chi connectivity index (χ0) is 27.1. The molecule has 192 valence electrons. The van der Waals surface area contributed by atoms with Crippen molar-refractivity contribution in [1.82, 2.24) is 4.57 Å². The number of benzene rings is 2. The first kappa shape index (κ1) is 26.7. The Kier molecular flexibility index (Phi) is 7.15. The SMILES string of the molecule is CCOC(=O)c1cn(-c2cc(N(C)C(=O)OC(C)(C)C)c(F)cc2F)c2c(C)c(F)c(F)cc2c1=O. The minimum absolute atomic E-state index is 0.0944. The summed E-state index contributed by atoms with van der Waals surface area (Å²) in [4.78, 5) is 38.7. The second-order valence-corrected chi connectivity index (χ2v) is 8.95. The van der Waals surface area contributed by atoms with Crippen molar-refractivity contribution in [3.05, 3.63) is 69.0 Å². The van der Waals surface area contributed by atoms with E-state index in [0.29, 0.717) is 12.1 Å². The van der Waals surface area contributed by atoms with Gasteiger partial charge in [0.1, 0.15) is 22.8 Å². The minimum Gasteiger partial charge on any atom is -0.462 e. The van der Waals surface area contributed by atoms with Gasteiger partial charge in [-0.15, -0.1) is 0 Å². The van der Waals surface area contributed by atoms with Gasteiger partial charge in [-0.05, 0) is 46.8 Å². The summed E-state index contributed by atoms with van der Waals surface area (Å²) >= 11 is 0. The lowest BCUT2D eigenvalue weighted by atomic mass is 10.1. The average molecular weight is 508 g/mol. The van der Waals surface area contributed by atoms with E-state index in [0.717, 1.165) is 28.7 Å². The summed E-state index contributed by atoms with van der Waals surface area (Å²) in [5.41, 5.74) is -3.94. The molecule has 11 heteroatoms. The second-order valence-electron chi connectivity index (χ2n) is 8.95. The molecule has 3 rings (SSSR count). The molecule has 0 aliphatic rings. The van der Waals surface area contributed by atoms with Gasteiger partial charge in [0.2, 0.25) is 5.43 Å². The third-order valence-corrected chi connectivity index (χ3v) is 5.21. The van der Waals surface area contributed by atoms with Gasteiger partial charge in [-0.1, -0.05) is 0 Å². The molecule has 2 aromatic carbocycles. The Morgan fingerprint density at radius 3 is 2.25 bits per heavy atom. The molecule has 0 N–H and O–H groups in total. The number of hydrogen-bond acceptors (Lipinski definition) is 5. The molecule has 0 atom stereocenters. The molecule has 0 spiro atoms. The van der Waals surface area contributed by atoms with Gasteiger partial charge in [0, 0.05) is 24.9 Å². The molecular weight excluding hydrogens is 484 g/mol. The van der Waals surface area contributed by atoms with Crippen LogP contribution in [0.1, 0.15) is 43.6 Å². The van der Waals surface area contributed by atoms with Crippen LogP contribution in [0.15, 0.2) is 29.2 Å². The summed E-state index contributed by atoms with van der Waals surface area (Å²) in [6, 6.07) is 2.00. The highest BCUT2D eigenvalue weighted by Gasteiger charge is 2.26. The van der Waals surface area contributed by atoms with Crippen molar-refractivity contribution in [2.24, 2.45) is 0 Å². The van der Waals surface area contributed by atoms with Crippen molar-refractivity contribution in [3.8, 4) is 5.69 Å². The lowest BCUT2D eigenvalue weighted by molar-refractivity contribution is 0.0523. The third kappa shape index (κ3) is 4.91. The van der Waals surface area contributed by atoms with E-state index in [1.54, 1.807) is 20.8 Å². The highest BCUT2D eigenvalue weighted by molar-refractivity contribution is 5.95. The van der Waals surface area contributed by atoms with Crippen molar-refractivity contribution in [2.75, 3.05) is 18.6 Å². The monoisotopic (exact) mass is 508 g/mol. The quantitative estimate of drug-likeness (QED) is 0.348. The Bertz CT molecular complexity index is 1440. The zero-order valence-electron chi connectivity index (χ0n) is 20.5. The number of halogens is 4. The van der Waals surface area contributed by atoms with E-state index in [1.165, 1.54) is 14.0 Å². The zero-order valence-corrected chi connectivity index (χ0v) is 20.5. The second kappa shape index (κ2) is 9.63. The number of nitrogens with zero attached hydrogens (tertiary/aromatic N) is 2. The molecule has 0 aliphatic carbocycles. The standard InChI is InChI=1S/C25H24F4N2O5/c1-7-35-23(33)14-11-31(21-12(2)20(29)17(28)8-13(21)22(14)32)19-10-18(15(26)9-16(19)27)30(6)24(34)36-25(3,4)5/h8-11H,7H2,1-6H3. The number of amides is 1. The summed E-state index contributed by atoms with van der Waals surface area (Å²) in [6.07, 6.45) is -0.0409. The smallest absolute Gasteiger partial charge is 0.414 e. The van der Waals surface area contributed by atoms with E-state index >= 15 is 4.39 Å². The molecule has 0 saturated heterocycles. The highest BCUT2D eigenvalue weighted by Crippen LogP contribution is 2.31. The van der Waals surface area contributed by atoms with Crippen molar-refractivity contribution < 1.29 is 36.6 Å². The molecule has 0 fully saturated rings. The Hall–Kier alpha value is -3.89. The van der Waals surface area contributed by atoms with Crippen LogP contribution in [0.3, 0.4) is 0 Å². The molecule has 0 bridgehead atoms. The van der Waals surface area contributed by atoms with Crippen molar-refractivity contribution >= 4 is 28.7 Å². The summed E-state index contributed by atoms with van der Waals surface area (Å²) in [7, 11) is 1.20. The molecule has 1 heterocycles. The Labute approximate surface area is 203 Å². The van der Waals surface area contributed by atoms with Gasteiger partial charge >= 0.3 is 12.1 Å². The van der Waals surface area contributed by atoms with Crippen LogP contribution in [-0.4, -0.2) is 35.9 Å². The number of pyridine rings is 1. The number of aryl methyl sites for hydroxylation is 1. The normalized spacial score (nSPS) is 11.5. The first-order chi connectivity index (χ1) is 16.7. The number of esters is 1. The van der Waals surface area contributed by atoms with E-state index in [-0.39, 0.29) is 17.7 Å². The highest BCUT2D eigenvalue weighted by atomic mass is 19.2. The summed E-state index contributed by atoms with van der Waals surface area (Å²) in [5.74, 6) is -6.01. The maximum Gasteiger partial charge on any atom is 0.414 e. The van der Waals surface area contributed by atoms with Gasteiger partial charge < -0.3 is 14.0 Å². The summed E-state index contributed by atoms with van der Waals surface area (Å²) < 4.78 is 69.6. The number of carbonyl (C=O) groups is 2. The molecule has 1 amide bonds.